The molecular weight excluding hydrogens is 225 g/mol. The van der Waals surface area contributed by atoms with Gasteiger partial charge in [0.25, 0.3) is 0 Å². The van der Waals surface area contributed by atoms with E-state index in [0.29, 0.717) is 0 Å². The Balaban J connectivity index is 2.86. The predicted molar refractivity (Wildman–Crippen MR) is 42.7 cm³/mol. The minimum atomic E-state index is 0.859. The fraction of sp³-hybridized carbons (Fsp3) is 1.00. The minimum absolute atomic E-state index is 0.859. The molecule has 0 bridgehead atoms. The van der Waals surface area contributed by atoms with Crippen LogP contribution in [0.2, 0.25) is 0 Å². The molecule has 0 fully saturated rings. The van der Waals surface area contributed by atoms with Crippen LogP contribution >= 0.6 is 11.8 Å². The molecule has 0 heterocycles. The molecule has 1 unspecified atom stereocenters. The summed E-state index contributed by atoms with van der Waals surface area (Å²) in [5.74, 6) is 0. The molecule has 48 valence electrons. The summed E-state index contributed by atoms with van der Waals surface area (Å²) in [5.41, 5.74) is 5.34. The normalized spacial score (nSPS) is 13.9. The van der Waals surface area contributed by atoms with Gasteiger partial charge in [-0.2, -0.15) is 0 Å². The van der Waals surface area contributed by atoms with Gasteiger partial charge in [-0.15, -0.1) is 0 Å². The van der Waals surface area contributed by atoms with E-state index < -0.39 is 0 Å². The summed E-state index contributed by atoms with van der Waals surface area (Å²) in [5, 5.41) is 0. The Morgan fingerprint density at radius 2 is 2.38 bits per heavy atom. The molecule has 0 saturated carbocycles. The first kappa shape index (κ1) is 9.11. The summed E-state index contributed by atoms with van der Waals surface area (Å²) < 4.78 is 0.920. The second-order valence-corrected chi connectivity index (χ2v) is 6.46. The van der Waals surface area contributed by atoms with Gasteiger partial charge in [-0.3, -0.25) is 0 Å². The molecule has 0 saturated heterocycles. The van der Waals surface area contributed by atoms with Gasteiger partial charge in [0.05, 0.1) is 0 Å². The predicted octanol–water partition coefficient (Wildman–Crippen LogP) is 0.315. The van der Waals surface area contributed by atoms with Crippen molar-refractivity contribution in [2.45, 2.75) is 16.1 Å². The van der Waals surface area contributed by atoms with Crippen molar-refractivity contribution < 1.29 is 0 Å². The number of rotatable bonds is 4. The molecule has 1 atom stereocenters. The number of hydrogen-bond donors (Lipinski definition) is 1. The van der Waals surface area contributed by atoms with Crippen LogP contribution in [0, 0.1) is 0 Å². The van der Waals surface area contributed by atoms with E-state index in [1.54, 1.807) is 0 Å². The molecule has 1 nitrogen and oxygen atoms in total. The van der Waals surface area contributed by atoms with Crippen molar-refractivity contribution >= 4 is 34.3 Å². The Morgan fingerprint density at radius 3 is 2.75 bits per heavy atom. The van der Waals surface area contributed by atoms with Crippen LogP contribution in [0.1, 0.15) is 12.8 Å². The summed E-state index contributed by atoms with van der Waals surface area (Å²) in [6.07, 6.45) is 4.69. The van der Waals surface area contributed by atoms with E-state index in [4.69, 9.17) is 5.73 Å². The summed E-state index contributed by atoms with van der Waals surface area (Å²) in [7, 11) is 0. The van der Waals surface area contributed by atoms with Gasteiger partial charge in [-0.1, -0.05) is 0 Å². The maximum atomic E-state index is 5.34. The Morgan fingerprint density at radius 1 is 1.75 bits per heavy atom. The second-order valence-electron chi connectivity index (χ2n) is 1.71. The molecule has 2 radical (unpaired) electrons. The Hall–Kier alpha value is 1.11. The Labute approximate surface area is 68.9 Å². The monoisotopic (exact) mass is 239 g/mol. The van der Waals surface area contributed by atoms with Gasteiger partial charge >= 0.3 is 68.9 Å². The van der Waals surface area contributed by atoms with E-state index in [1.165, 1.54) is 35.4 Å². The van der Waals surface area contributed by atoms with Crippen LogP contribution in [-0.4, -0.2) is 38.6 Å². The van der Waals surface area contributed by atoms with E-state index in [0.717, 1.165) is 9.81 Å². The van der Waals surface area contributed by atoms with Crippen molar-refractivity contribution in [1.82, 2.24) is 0 Å². The van der Waals surface area contributed by atoms with Gasteiger partial charge in [0.15, 0.2) is 0 Å². The van der Waals surface area contributed by atoms with Crippen molar-refractivity contribution in [2.24, 2.45) is 5.73 Å². The Bertz CT molecular complexity index is 51.7. The van der Waals surface area contributed by atoms with Crippen LogP contribution in [0.4, 0.5) is 0 Å². The molecule has 0 spiro atoms. The van der Waals surface area contributed by atoms with E-state index in [9.17, 15) is 0 Å². The van der Waals surface area contributed by atoms with Crippen LogP contribution in [-0.2, 0) is 0 Å². The van der Waals surface area contributed by atoms with Gasteiger partial charge in [0.1, 0.15) is 0 Å². The van der Waals surface area contributed by atoms with Crippen LogP contribution in [0.25, 0.3) is 0 Å². The zero-order chi connectivity index (χ0) is 6.41. The topological polar surface area (TPSA) is 26.0 Å². The van der Waals surface area contributed by atoms with Gasteiger partial charge < -0.3 is 0 Å². The third-order valence-corrected chi connectivity index (χ3v) is 5.12. The molecular formula is C5H13NSSn. The van der Waals surface area contributed by atoms with E-state index in [2.05, 4.69) is 6.26 Å². The van der Waals surface area contributed by atoms with Crippen molar-refractivity contribution in [1.29, 1.82) is 0 Å². The number of hydrogen-bond acceptors (Lipinski definition) is 2. The third-order valence-electron chi connectivity index (χ3n) is 0.996. The first-order valence-electron chi connectivity index (χ1n) is 2.79. The fourth-order valence-corrected chi connectivity index (χ4v) is 1.51. The van der Waals surface area contributed by atoms with Crippen molar-refractivity contribution in [3.63, 3.8) is 0 Å². The van der Waals surface area contributed by atoms with Gasteiger partial charge in [-0.25, -0.2) is 0 Å². The van der Waals surface area contributed by atoms with Crippen molar-refractivity contribution in [2.75, 3.05) is 12.8 Å². The molecule has 0 aromatic heterocycles. The molecule has 0 aromatic rings. The maximum absolute atomic E-state index is 5.34. The summed E-state index contributed by atoms with van der Waals surface area (Å²) in [6.45, 7) is 0.859. The zero-order valence-electron chi connectivity index (χ0n) is 5.26. The SMILES string of the molecule is CS[CH]([SnH])CCCN. The quantitative estimate of drug-likeness (QED) is 0.713. The van der Waals surface area contributed by atoms with Gasteiger partial charge in [-0.05, 0) is 0 Å². The molecule has 0 aliphatic rings. The van der Waals surface area contributed by atoms with E-state index >= 15 is 0 Å². The zero-order valence-corrected chi connectivity index (χ0v) is 9.37. The average molecular weight is 238 g/mol. The van der Waals surface area contributed by atoms with Crippen LogP contribution in [0.5, 0.6) is 0 Å². The standard InChI is InChI=1S/C5H12NS.Sn.H/c1-7-5-3-2-4-6;;/h5H,2-4,6H2,1H3;;. The third kappa shape index (κ3) is 5.25. The van der Waals surface area contributed by atoms with E-state index in [-0.39, 0.29) is 0 Å². The molecule has 2 N–H and O–H groups in total. The molecule has 0 aromatic carbocycles. The fourth-order valence-electron chi connectivity index (χ4n) is 0.437. The van der Waals surface area contributed by atoms with Crippen LogP contribution < -0.4 is 5.73 Å². The second kappa shape index (κ2) is 6.23. The van der Waals surface area contributed by atoms with E-state index in [1.807, 2.05) is 11.8 Å². The molecule has 0 amide bonds. The summed E-state index contributed by atoms with van der Waals surface area (Å²) in [4.78, 5) is 0. The number of nitrogens with two attached hydrogens (primary N) is 1. The number of thioether (sulfide) groups is 1. The molecule has 0 aliphatic heterocycles. The Kier molecular flexibility index (Phi) is 7.10. The first-order chi connectivity index (χ1) is 3.81. The van der Waals surface area contributed by atoms with Crippen LogP contribution in [0.3, 0.4) is 0 Å². The first-order valence-corrected chi connectivity index (χ1v) is 5.98. The van der Waals surface area contributed by atoms with Crippen molar-refractivity contribution in [3.8, 4) is 0 Å². The average Bonchev–Trinajstić information content (AvgIpc) is 1.83. The molecule has 0 aliphatic carbocycles. The summed E-state index contributed by atoms with van der Waals surface area (Å²) >= 11 is 3.34. The summed E-state index contributed by atoms with van der Waals surface area (Å²) in [6, 6.07) is 0. The van der Waals surface area contributed by atoms with Gasteiger partial charge in [0, 0.05) is 0 Å². The molecule has 8 heavy (non-hydrogen) atoms. The van der Waals surface area contributed by atoms with Gasteiger partial charge in [0.2, 0.25) is 0 Å². The van der Waals surface area contributed by atoms with Crippen molar-refractivity contribution in [3.05, 3.63) is 0 Å². The van der Waals surface area contributed by atoms with Crippen LogP contribution in [0.15, 0.2) is 0 Å². The molecule has 3 heteroatoms. The molecule has 0 rings (SSSR count).